The van der Waals surface area contributed by atoms with E-state index in [0.29, 0.717) is 23.5 Å². The highest BCUT2D eigenvalue weighted by Crippen LogP contribution is 2.16. The van der Waals surface area contributed by atoms with Crippen molar-refractivity contribution in [1.82, 2.24) is 5.32 Å². The first-order chi connectivity index (χ1) is 11.6. The Balaban J connectivity index is 1.97. The van der Waals surface area contributed by atoms with E-state index in [4.69, 9.17) is 4.74 Å². The van der Waals surface area contributed by atoms with Crippen molar-refractivity contribution in [3.63, 3.8) is 0 Å². The third-order valence-corrected chi connectivity index (χ3v) is 3.76. The van der Waals surface area contributed by atoms with Crippen molar-refractivity contribution in [2.75, 3.05) is 18.5 Å². The van der Waals surface area contributed by atoms with Crippen LogP contribution in [0, 0.1) is 3.57 Å². The van der Waals surface area contributed by atoms with Gasteiger partial charge in [-0.25, -0.2) is 0 Å². The van der Waals surface area contributed by atoms with Crippen LogP contribution in [0.1, 0.15) is 10.4 Å². The van der Waals surface area contributed by atoms with Gasteiger partial charge in [-0.1, -0.05) is 18.2 Å². The minimum absolute atomic E-state index is 0.136. The smallest absolute Gasteiger partial charge is 0.262 e. The lowest BCUT2D eigenvalue weighted by Crippen LogP contribution is -2.26. The fourth-order valence-electron chi connectivity index (χ4n) is 1.92. The number of benzene rings is 2. The quantitative estimate of drug-likeness (QED) is 0.518. The Labute approximate surface area is 154 Å². The van der Waals surface area contributed by atoms with Gasteiger partial charge in [0, 0.05) is 10.1 Å². The molecule has 0 heterocycles. The number of carbonyl (C=O) groups excluding carboxylic acids is 2. The Morgan fingerprint density at radius 1 is 1.12 bits per heavy atom. The van der Waals surface area contributed by atoms with Gasteiger partial charge in [-0.2, -0.15) is 0 Å². The number of anilines is 1. The molecular weight excluding hydrogens is 419 g/mol. The molecule has 2 N–H and O–H groups in total. The summed E-state index contributed by atoms with van der Waals surface area (Å²) in [5.74, 6) is 0.00412. The number of hydrogen-bond acceptors (Lipinski definition) is 3. The predicted molar refractivity (Wildman–Crippen MR) is 102 cm³/mol. The van der Waals surface area contributed by atoms with Gasteiger partial charge in [-0.3, -0.25) is 9.59 Å². The summed E-state index contributed by atoms with van der Waals surface area (Å²) in [6, 6.07) is 14.2. The number of nitrogens with one attached hydrogen (secondary N) is 2. The van der Waals surface area contributed by atoms with Crippen molar-refractivity contribution < 1.29 is 14.3 Å². The van der Waals surface area contributed by atoms with E-state index in [0.717, 1.165) is 3.57 Å². The molecule has 24 heavy (non-hydrogen) atoms. The maximum Gasteiger partial charge on any atom is 0.262 e. The number of rotatable bonds is 7. The molecule has 0 aliphatic carbocycles. The van der Waals surface area contributed by atoms with Gasteiger partial charge in [0.2, 0.25) is 0 Å². The molecule has 0 unspecified atom stereocenters. The fourth-order valence-corrected chi connectivity index (χ4v) is 2.28. The second-order valence-electron chi connectivity index (χ2n) is 4.84. The molecule has 2 rings (SSSR count). The number of ether oxygens (including phenoxy) is 1. The molecule has 2 amide bonds. The van der Waals surface area contributed by atoms with Crippen LogP contribution in [0.25, 0.3) is 0 Å². The molecule has 0 aromatic heterocycles. The van der Waals surface area contributed by atoms with Crippen LogP contribution in [0.5, 0.6) is 5.75 Å². The second kappa shape index (κ2) is 9.07. The predicted octanol–water partition coefficient (Wildman–Crippen LogP) is 3.22. The molecule has 0 aliphatic rings. The van der Waals surface area contributed by atoms with Crippen LogP contribution in [0.15, 0.2) is 61.2 Å². The Morgan fingerprint density at radius 2 is 1.83 bits per heavy atom. The first-order valence-corrected chi connectivity index (χ1v) is 8.34. The molecule has 2 aromatic carbocycles. The topological polar surface area (TPSA) is 67.4 Å². The van der Waals surface area contributed by atoms with E-state index in [1.165, 1.54) is 0 Å². The second-order valence-corrected chi connectivity index (χ2v) is 6.08. The zero-order chi connectivity index (χ0) is 17.4. The van der Waals surface area contributed by atoms with Gasteiger partial charge >= 0.3 is 0 Å². The Hall–Kier alpha value is -2.35. The molecule has 2 aromatic rings. The number of carbonyl (C=O) groups is 2. The largest absolute Gasteiger partial charge is 0.484 e. The summed E-state index contributed by atoms with van der Waals surface area (Å²) < 4.78 is 6.52. The van der Waals surface area contributed by atoms with E-state index in [1.807, 2.05) is 12.1 Å². The molecule has 0 aliphatic heterocycles. The maximum atomic E-state index is 12.1. The third kappa shape index (κ3) is 5.38. The van der Waals surface area contributed by atoms with Crippen LogP contribution in [-0.2, 0) is 4.79 Å². The highest BCUT2D eigenvalue weighted by Gasteiger charge is 2.12. The summed E-state index contributed by atoms with van der Waals surface area (Å²) >= 11 is 2.19. The molecule has 0 bridgehead atoms. The van der Waals surface area contributed by atoms with Crippen LogP contribution in [0.4, 0.5) is 5.69 Å². The van der Waals surface area contributed by atoms with Crippen molar-refractivity contribution in [3.8, 4) is 5.75 Å². The summed E-state index contributed by atoms with van der Waals surface area (Å²) in [4.78, 5) is 24.1. The van der Waals surface area contributed by atoms with Gasteiger partial charge in [0.15, 0.2) is 6.61 Å². The van der Waals surface area contributed by atoms with Crippen molar-refractivity contribution in [1.29, 1.82) is 0 Å². The number of hydrogen-bond donors (Lipinski definition) is 2. The highest BCUT2D eigenvalue weighted by molar-refractivity contribution is 14.1. The summed E-state index contributed by atoms with van der Waals surface area (Å²) in [7, 11) is 0. The van der Waals surface area contributed by atoms with Crippen molar-refractivity contribution >= 4 is 40.1 Å². The van der Waals surface area contributed by atoms with Gasteiger partial charge in [0.05, 0.1) is 11.3 Å². The van der Waals surface area contributed by atoms with Crippen LogP contribution in [0.2, 0.25) is 0 Å². The zero-order valence-electron chi connectivity index (χ0n) is 12.9. The standard InChI is InChI=1S/C18H17IN2O3/c1-2-11-20-18(23)15-5-3-4-6-16(15)21-17(22)12-24-14-9-7-13(19)8-10-14/h2-10H,1,11-12H2,(H,20,23)(H,21,22). The van der Waals surface area contributed by atoms with E-state index in [1.54, 1.807) is 42.5 Å². The average Bonchev–Trinajstić information content (AvgIpc) is 2.59. The number of halogens is 1. The van der Waals surface area contributed by atoms with E-state index >= 15 is 0 Å². The molecule has 0 saturated heterocycles. The molecule has 5 nitrogen and oxygen atoms in total. The van der Waals surface area contributed by atoms with Crippen molar-refractivity contribution in [3.05, 3.63) is 70.3 Å². The molecular formula is C18H17IN2O3. The molecule has 0 spiro atoms. The lowest BCUT2D eigenvalue weighted by atomic mass is 10.1. The van der Waals surface area contributed by atoms with Crippen LogP contribution >= 0.6 is 22.6 Å². The van der Waals surface area contributed by atoms with Crippen LogP contribution in [0.3, 0.4) is 0 Å². The molecule has 0 radical (unpaired) electrons. The van der Waals surface area contributed by atoms with Gasteiger partial charge in [0.25, 0.3) is 11.8 Å². The fraction of sp³-hybridized carbons (Fsp3) is 0.111. The lowest BCUT2D eigenvalue weighted by molar-refractivity contribution is -0.118. The molecule has 0 fully saturated rings. The number of amides is 2. The maximum absolute atomic E-state index is 12.1. The Bertz CT molecular complexity index is 729. The van der Waals surface area contributed by atoms with Gasteiger partial charge in [-0.15, -0.1) is 6.58 Å². The molecule has 124 valence electrons. The van der Waals surface area contributed by atoms with E-state index in [-0.39, 0.29) is 18.4 Å². The van der Waals surface area contributed by atoms with Crippen molar-refractivity contribution in [2.24, 2.45) is 0 Å². The van der Waals surface area contributed by atoms with E-state index in [2.05, 4.69) is 39.8 Å². The van der Waals surface area contributed by atoms with Crippen LogP contribution < -0.4 is 15.4 Å². The summed E-state index contributed by atoms with van der Waals surface area (Å²) in [5.41, 5.74) is 0.831. The van der Waals surface area contributed by atoms with Crippen molar-refractivity contribution in [2.45, 2.75) is 0 Å². The molecule has 6 heteroatoms. The molecule has 0 saturated carbocycles. The molecule has 0 atom stereocenters. The van der Waals surface area contributed by atoms with Gasteiger partial charge in [0.1, 0.15) is 5.75 Å². The first kappa shape index (κ1) is 18.0. The van der Waals surface area contributed by atoms with E-state index < -0.39 is 0 Å². The highest BCUT2D eigenvalue weighted by atomic mass is 127. The number of para-hydroxylation sites is 1. The monoisotopic (exact) mass is 436 g/mol. The average molecular weight is 436 g/mol. The summed E-state index contributed by atoms with van der Waals surface area (Å²) in [6.07, 6.45) is 1.59. The summed E-state index contributed by atoms with van der Waals surface area (Å²) in [5, 5.41) is 5.38. The zero-order valence-corrected chi connectivity index (χ0v) is 15.1. The van der Waals surface area contributed by atoms with E-state index in [9.17, 15) is 9.59 Å². The Kier molecular flexibility index (Phi) is 6.80. The normalized spacial score (nSPS) is 9.88. The van der Waals surface area contributed by atoms with Crippen LogP contribution in [-0.4, -0.2) is 25.0 Å². The Morgan fingerprint density at radius 3 is 2.54 bits per heavy atom. The lowest BCUT2D eigenvalue weighted by Gasteiger charge is -2.11. The first-order valence-electron chi connectivity index (χ1n) is 7.26. The van der Waals surface area contributed by atoms with Gasteiger partial charge in [-0.05, 0) is 59.0 Å². The van der Waals surface area contributed by atoms with Gasteiger partial charge < -0.3 is 15.4 Å². The summed E-state index contributed by atoms with van der Waals surface area (Å²) in [6.45, 7) is 3.78. The minimum atomic E-state index is -0.336. The third-order valence-electron chi connectivity index (χ3n) is 3.04. The SMILES string of the molecule is C=CCNC(=O)c1ccccc1NC(=O)COc1ccc(I)cc1. The minimum Gasteiger partial charge on any atom is -0.484 e.